The lowest BCUT2D eigenvalue weighted by Crippen LogP contribution is -2.35. The predicted octanol–water partition coefficient (Wildman–Crippen LogP) is 3.98. The normalized spacial score (nSPS) is 15.9. The molecule has 5 rings (SSSR count). The maximum atomic E-state index is 13.4. The quantitative estimate of drug-likeness (QED) is 0.494. The third-order valence-electron chi connectivity index (χ3n) is 5.77. The van der Waals surface area contributed by atoms with Gasteiger partial charge in [0.25, 0.3) is 11.5 Å². The van der Waals surface area contributed by atoms with Crippen LogP contribution in [0.5, 0.6) is 0 Å². The molecule has 0 unspecified atom stereocenters. The first-order valence-electron chi connectivity index (χ1n) is 10.5. The van der Waals surface area contributed by atoms with Crippen molar-refractivity contribution in [3.63, 3.8) is 0 Å². The van der Waals surface area contributed by atoms with Crippen molar-refractivity contribution in [1.82, 2.24) is 14.6 Å². The number of hydrogen-bond acceptors (Lipinski definition) is 5. The molecule has 1 aliphatic rings. The van der Waals surface area contributed by atoms with Crippen LogP contribution in [0.2, 0.25) is 0 Å². The van der Waals surface area contributed by atoms with E-state index >= 15 is 0 Å². The summed E-state index contributed by atoms with van der Waals surface area (Å²) in [5, 5.41) is 6.57. The van der Waals surface area contributed by atoms with Gasteiger partial charge in [-0.3, -0.25) is 14.2 Å². The Kier molecular flexibility index (Phi) is 4.93. The molecule has 1 aliphatic heterocycles. The third-order valence-corrected chi connectivity index (χ3v) is 5.77. The molecule has 1 amide bonds. The lowest BCUT2D eigenvalue weighted by Gasteiger charge is -2.21. The van der Waals surface area contributed by atoms with Gasteiger partial charge in [0.05, 0.1) is 22.9 Å². The van der Waals surface area contributed by atoms with Gasteiger partial charge in [-0.25, -0.2) is 9.99 Å². The molecule has 2 aromatic carbocycles. The zero-order chi connectivity index (χ0) is 22.2. The molecule has 3 heterocycles. The molecule has 4 aromatic rings. The fraction of sp³-hybridized carbons (Fsp3) is 0.200. The smallest absolute Gasteiger partial charge is 0.263 e. The SMILES string of the molecule is Cc1ccc(C2=NN(C(=O)Cn3c(C)nc4ccccc4c3=O)[C@H](c3ccco3)C2)cc1. The molecule has 0 spiro atoms. The van der Waals surface area contributed by atoms with Crippen LogP contribution in [0.25, 0.3) is 10.9 Å². The molecule has 0 bridgehead atoms. The Bertz CT molecular complexity index is 1390. The lowest BCUT2D eigenvalue weighted by molar-refractivity contribution is -0.134. The van der Waals surface area contributed by atoms with Crippen LogP contribution in [0.4, 0.5) is 0 Å². The minimum atomic E-state index is -0.363. The average Bonchev–Trinajstić information content (AvgIpc) is 3.47. The van der Waals surface area contributed by atoms with Crippen molar-refractivity contribution in [1.29, 1.82) is 0 Å². The molecule has 7 heteroatoms. The first-order chi connectivity index (χ1) is 15.5. The van der Waals surface area contributed by atoms with E-state index in [9.17, 15) is 9.59 Å². The summed E-state index contributed by atoms with van der Waals surface area (Å²) in [6.07, 6.45) is 2.12. The van der Waals surface area contributed by atoms with Crippen LogP contribution in [0, 0.1) is 13.8 Å². The number of nitrogens with zero attached hydrogens (tertiary/aromatic N) is 4. The number of aromatic nitrogens is 2. The third kappa shape index (κ3) is 3.51. The van der Waals surface area contributed by atoms with Crippen LogP contribution in [-0.4, -0.2) is 26.2 Å². The summed E-state index contributed by atoms with van der Waals surface area (Å²) in [5.41, 5.74) is 3.30. The highest BCUT2D eigenvalue weighted by Crippen LogP contribution is 2.33. The number of para-hydroxylation sites is 1. The highest BCUT2D eigenvalue weighted by atomic mass is 16.3. The lowest BCUT2D eigenvalue weighted by atomic mass is 10.0. The second-order valence-corrected chi connectivity index (χ2v) is 7.95. The van der Waals surface area contributed by atoms with E-state index in [0.717, 1.165) is 16.8 Å². The van der Waals surface area contributed by atoms with E-state index in [2.05, 4.69) is 10.1 Å². The summed E-state index contributed by atoms with van der Waals surface area (Å²) in [5.74, 6) is 0.847. The van der Waals surface area contributed by atoms with Gasteiger partial charge in [0.1, 0.15) is 24.2 Å². The Morgan fingerprint density at radius 1 is 1.06 bits per heavy atom. The molecule has 32 heavy (non-hydrogen) atoms. The highest BCUT2D eigenvalue weighted by Gasteiger charge is 2.35. The molecule has 0 fully saturated rings. The number of hydrogen-bond donors (Lipinski definition) is 0. The van der Waals surface area contributed by atoms with Gasteiger partial charge in [0.2, 0.25) is 0 Å². The van der Waals surface area contributed by atoms with E-state index in [1.807, 2.05) is 43.3 Å². The van der Waals surface area contributed by atoms with E-state index in [0.29, 0.717) is 28.9 Å². The van der Waals surface area contributed by atoms with Crippen molar-refractivity contribution in [3.8, 4) is 0 Å². The monoisotopic (exact) mass is 426 g/mol. The van der Waals surface area contributed by atoms with Gasteiger partial charge in [0.15, 0.2) is 0 Å². The Morgan fingerprint density at radius 3 is 2.59 bits per heavy atom. The van der Waals surface area contributed by atoms with E-state index in [-0.39, 0.29) is 24.1 Å². The maximum Gasteiger partial charge on any atom is 0.263 e. The number of hydrazone groups is 1. The van der Waals surface area contributed by atoms with Gasteiger partial charge in [0, 0.05) is 6.42 Å². The molecular weight excluding hydrogens is 404 g/mol. The second-order valence-electron chi connectivity index (χ2n) is 7.95. The topological polar surface area (TPSA) is 80.7 Å². The molecule has 1 atom stereocenters. The summed E-state index contributed by atoms with van der Waals surface area (Å²) in [6.45, 7) is 3.61. The van der Waals surface area contributed by atoms with Gasteiger partial charge < -0.3 is 4.42 Å². The van der Waals surface area contributed by atoms with Crippen molar-refractivity contribution in [2.45, 2.75) is 32.9 Å². The second kappa shape index (κ2) is 7.92. The Balaban J connectivity index is 1.51. The first kappa shape index (κ1) is 19.9. The first-order valence-corrected chi connectivity index (χ1v) is 10.5. The molecule has 7 nitrogen and oxygen atoms in total. The van der Waals surface area contributed by atoms with Gasteiger partial charge in [-0.15, -0.1) is 0 Å². The van der Waals surface area contributed by atoms with Crippen LogP contribution in [0.1, 0.15) is 35.2 Å². The van der Waals surface area contributed by atoms with Crippen molar-refractivity contribution in [2.24, 2.45) is 5.10 Å². The molecule has 0 N–H and O–H groups in total. The fourth-order valence-electron chi connectivity index (χ4n) is 4.04. The van der Waals surface area contributed by atoms with Crippen LogP contribution in [0.15, 0.2) is 81.2 Å². The summed E-state index contributed by atoms with van der Waals surface area (Å²) in [4.78, 5) is 30.9. The summed E-state index contributed by atoms with van der Waals surface area (Å²) in [7, 11) is 0. The summed E-state index contributed by atoms with van der Waals surface area (Å²) in [6, 6.07) is 18.5. The van der Waals surface area contributed by atoms with E-state index in [4.69, 9.17) is 4.42 Å². The minimum absolute atomic E-state index is 0.148. The molecule has 2 aromatic heterocycles. The van der Waals surface area contributed by atoms with Gasteiger partial charge in [-0.1, -0.05) is 42.0 Å². The Labute approximate surface area is 184 Å². The number of furan rings is 1. The number of aryl methyl sites for hydroxylation is 2. The Hall–Kier alpha value is -4.00. The average molecular weight is 426 g/mol. The standard InChI is InChI=1S/C25H22N4O3/c1-16-9-11-18(12-10-16)21-14-22(23-8-5-13-32-23)29(27-21)24(30)15-28-17(2)26-20-7-4-3-6-19(20)25(28)31/h3-13,22H,14-15H2,1-2H3/t22-/m0/s1. The zero-order valence-electron chi connectivity index (χ0n) is 17.9. The fourth-order valence-corrected chi connectivity index (χ4v) is 4.04. The molecule has 0 aliphatic carbocycles. The Morgan fingerprint density at radius 2 is 1.84 bits per heavy atom. The number of carbonyl (C=O) groups excluding carboxylic acids is 1. The van der Waals surface area contributed by atoms with Gasteiger partial charge in [-0.2, -0.15) is 5.10 Å². The van der Waals surface area contributed by atoms with Crippen LogP contribution >= 0.6 is 0 Å². The maximum absolute atomic E-state index is 13.4. The largest absolute Gasteiger partial charge is 0.467 e. The van der Waals surface area contributed by atoms with Crippen molar-refractivity contribution >= 4 is 22.5 Å². The van der Waals surface area contributed by atoms with E-state index < -0.39 is 0 Å². The van der Waals surface area contributed by atoms with Crippen molar-refractivity contribution < 1.29 is 9.21 Å². The number of amides is 1. The molecule has 0 saturated heterocycles. The predicted molar refractivity (Wildman–Crippen MR) is 121 cm³/mol. The number of carbonyl (C=O) groups is 1. The number of benzene rings is 2. The van der Waals surface area contributed by atoms with Crippen LogP contribution in [0.3, 0.4) is 0 Å². The van der Waals surface area contributed by atoms with Crippen LogP contribution in [-0.2, 0) is 11.3 Å². The van der Waals surface area contributed by atoms with Crippen LogP contribution < -0.4 is 5.56 Å². The van der Waals surface area contributed by atoms with Crippen molar-refractivity contribution in [2.75, 3.05) is 0 Å². The molecule has 160 valence electrons. The minimum Gasteiger partial charge on any atom is -0.467 e. The van der Waals surface area contributed by atoms with Gasteiger partial charge in [-0.05, 0) is 43.7 Å². The molecule has 0 radical (unpaired) electrons. The summed E-state index contributed by atoms with van der Waals surface area (Å²) >= 11 is 0. The van der Waals surface area contributed by atoms with E-state index in [1.165, 1.54) is 9.58 Å². The van der Waals surface area contributed by atoms with E-state index in [1.54, 1.807) is 37.5 Å². The highest BCUT2D eigenvalue weighted by molar-refractivity contribution is 6.03. The zero-order valence-corrected chi connectivity index (χ0v) is 17.9. The molecular formula is C25H22N4O3. The van der Waals surface area contributed by atoms with Crippen molar-refractivity contribution in [3.05, 3.63) is 100.0 Å². The molecule has 0 saturated carbocycles. The summed E-state index contributed by atoms with van der Waals surface area (Å²) < 4.78 is 7.01. The van der Waals surface area contributed by atoms with Gasteiger partial charge >= 0.3 is 0 Å². The number of rotatable bonds is 4. The number of fused-ring (bicyclic) bond motifs is 1.